The second-order valence-electron chi connectivity index (χ2n) is 6.31. The quantitative estimate of drug-likeness (QED) is 0.537. The molecule has 0 aliphatic rings. The molecule has 146 valence electrons. The van der Waals surface area contributed by atoms with Crippen LogP contribution in [0.4, 0.5) is 0 Å². The van der Waals surface area contributed by atoms with E-state index in [9.17, 15) is 9.59 Å². The third-order valence-electron chi connectivity index (χ3n) is 4.19. The predicted octanol–water partition coefficient (Wildman–Crippen LogP) is 3.84. The number of carboxylic acid groups (broad SMARTS) is 1. The van der Waals surface area contributed by atoms with Crippen LogP contribution in [0.3, 0.4) is 0 Å². The van der Waals surface area contributed by atoms with Crippen molar-refractivity contribution < 1.29 is 19.2 Å². The summed E-state index contributed by atoms with van der Waals surface area (Å²) in [5.41, 5.74) is 0.898. The molecule has 0 aliphatic heterocycles. The Bertz CT molecular complexity index is 893. The van der Waals surface area contributed by atoms with Crippen molar-refractivity contribution in [3.63, 3.8) is 0 Å². The third-order valence-corrected chi connectivity index (χ3v) is 5.05. The largest absolute Gasteiger partial charge is 0.481 e. The molecule has 2 aromatic heterocycles. The Labute approximate surface area is 166 Å². The van der Waals surface area contributed by atoms with Gasteiger partial charge in [-0.15, -0.1) is 11.3 Å². The zero-order valence-corrected chi connectivity index (χ0v) is 16.0. The first-order valence-corrected chi connectivity index (χ1v) is 9.92. The van der Waals surface area contributed by atoms with Gasteiger partial charge in [-0.1, -0.05) is 41.6 Å². The summed E-state index contributed by atoms with van der Waals surface area (Å²) in [6.45, 7) is 0. The Morgan fingerprint density at radius 2 is 1.96 bits per heavy atom. The topological polar surface area (TPSA) is 105 Å². The zero-order valence-electron chi connectivity index (χ0n) is 15.2. The van der Waals surface area contributed by atoms with Crippen LogP contribution in [0.1, 0.15) is 43.2 Å². The summed E-state index contributed by atoms with van der Waals surface area (Å²) >= 11 is 1.54. The molecule has 1 amide bonds. The van der Waals surface area contributed by atoms with E-state index in [0.29, 0.717) is 37.4 Å². The highest BCUT2D eigenvalue weighted by molar-refractivity contribution is 7.13. The number of aliphatic carboxylic acids is 1. The minimum absolute atomic E-state index is 0.00662. The summed E-state index contributed by atoms with van der Waals surface area (Å²) < 4.78 is 5.23. The number of nitrogens with zero attached hydrogens (tertiary/aromatic N) is 2. The molecule has 0 spiro atoms. The number of hydrogen-bond acceptors (Lipinski definition) is 6. The Balaban J connectivity index is 1.49. The first-order chi connectivity index (χ1) is 13.6. The number of rotatable bonds is 10. The molecule has 1 atom stereocenters. The molecule has 7 nitrogen and oxygen atoms in total. The van der Waals surface area contributed by atoms with Crippen molar-refractivity contribution in [1.82, 2.24) is 15.5 Å². The van der Waals surface area contributed by atoms with Gasteiger partial charge in [-0.05, 0) is 29.9 Å². The Morgan fingerprint density at radius 1 is 1.14 bits per heavy atom. The fraction of sp³-hybridized carbons (Fsp3) is 0.300. The SMILES string of the molecule is O=C(O)CCC(NC(=O)CCCc1nc(-c2cccs2)no1)c1ccccc1. The van der Waals surface area contributed by atoms with Gasteiger partial charge in [0, 0.05) is 19.3 Å². The van der Waals surface area contributed by atoms with Gasteiger partial charge in [-0.25, -0.2) is 0 Å². The van der Waals surface area contributed by atoms with Gasteiger partial charge >= 0.3 is 5.97 Å². The van der Waals surface area contributed by atoms with E-state index in [1.54, 1.807) is 0 Å². The van der Waals surface area contributed by atoms with E-state index < -0.39 is 5.97 Å². The molecule has 3 rings (SSSR count). The van der Waals surface area contributed by atoms with Gasteiger partial charge in [0.2, 0.25) is 17.6 Å². The van der Waals surface area contributed by atoms with Gasteiger partial charge in [0.1, 0.15) is 0 Å². The molecule has 0 radical (unpaired) electrons. The second kappa shape index (κ2) is 9.80. The Hall–Kier alpha value is -3.00. The minimum Gasteiger partial charge on any atom is -0.481 e. The van der Waals surface area contributed by atoms with Crippen molar-refractivity contribution in [1.29, 1.82) is 0 Å². The fourth-order valence-electron chi connectivity index (χ4n) is 2.80. The van der Waals surface area contributed by atoms with Crippen LogP contribution >= 0.6 is 11.3 Å². The fourth-order valence-corrected chi connectivity index (χ4v) is 3.45. The first kappa shape index (κ1) is 19.8. The van der Waals surface area contributed by atoms with E-state index in [1.807, 2.05) is 47.8 Å². The molecule has 0 bridgehead atoms. The lowest BCUT2D eigenvalue weighted by Crippen LogP contribution is -2.28. The maximum Gasteiger partial charge on any atom is 0.303 e. The smallest absolute Gasteiger partial charge is 0.303 e. The highest BCUT2D eigenvalue weighted by Gasteiger charge is 2.16. The standard InChI is InChI=1S/C20H21N3O4S/c24-17(21-15(11-12-19(25)26)14-6-2-1-3-7-14)9-4-10-18-22-20(23-27-18)16-8-5-13-28-16/h1-3,5-8,13,15H,4,9-12H2,(H,21,24)(H,25,26). The number of aryl methyl sites for hydroxylation is 1. The van der Waals surface area contributed by atoms with Gasteiger partial charge in [-0.3, -0.25) is 9.59 Å². The van der Waals surface area contributed by atoms with Crippen molar-refractivity contribution in [2.45, 2.75) is 38.1 Å². The normalized spacial score (nSPS) is 11.9. The molecule has 2 N–H and O–H groups in total. The Kier molecular flexibility index (Phi) is 6.91. The van der Waals surface area contributed by atoms with Crippen LogP contribution < -0.4 is 5.32 Å². The molecule has 0 saturated carbocycles. The van der Waals surface area contributed by atoms with Crippen molar-refractivity contribution in [3.05, 3.63) is 59.3 Å². The molecule has 2 heterocycles. The van der Waals surface area contributed by atoms with E-state index in [0.717, 1.165) is 10.4 Å². The lowest BCUT2D eigenvalue weighted by Gasteiger charge is -2.18. The van der Waals surface area contributed by atoms with Crippen LogP contribution in [0.25, 0.3) is 10.7 Å². The number of carbonyl (C=O) groups excluding carboxylic acids is 1. The number of carbonyl (C=O) groups is 2. The molecule has 28 heavy (non-hydrogen) atoms. The average Bonchev–Trinajstić information content (AvgIpc) is 3.37. The van der Waals surface area contributed by atoms with Gasteiger partial charge < -0.3 is 14.9 Å². The number of hydrogen-bond donors (Lipinski definition) is 2. The molecule has 8 heteroatoms. The molecular formula is C20H21N3O4S. The monoisotopic (exact) mass is 399 g/mol. The van der Waals surface area contributed by atoms with E-state index in [4.69, 9.17) is 9.63 Å². The van der Waals surface area contributed by atoms with Crippen LogP contribution in [0.5, 0.6) is 0 Å². The molecule has 0 saturated heterocycles. The van der Waals surface area contributed by atoms with Crippen LogP contribution in [0.2, 0.25) is 0 Å². The number of benzene rings is 1. The van der Waals surface area contributed by atoms with Crippen molar-refractivity contribution in [2.75, 3.05) is 0 Å². The first-order valence-electron chi connectivity index (χ1n) is 9.04. The predicted molar refractivity (Wildman–Crippen MR) is 105 cm³/mol. The van der Waals surface area contributed by atoms with Crippen LogP contribution in [-0.4, -0.2) is 27.1 Å². The average molecular weight is 399 g/mol. The van der Waals surface area contributed by atoms with Gasteiger partial charge in [0.15, 0.2) is 0 Å². The third kappa shape index (κ3) is 5.75. The number of thiophene rings is 1. The van der Waals surface area contributed by atoms with E-state index in [-0.39, 0.29) is 18.4 Å². The van der Waals surface area contributed by atoms with Crippen molar-refractivity contribution in [2.24, 2.45) is 0 Å². The van der Waals surface area contributed by atoms with Gasteiger partial charge in [0.25, 0.3) is 0 Å². The molecule has 0 fully saturated rings. The van der Waals surface area contributed by atoms with Gasteiger partial charge in [0.05, 0.1) is 10.9 Å². The number of carboxylic acids is 1. The second-order valence-corrected chi connectivity index (χ2v) is 7.25. The van der Waals surface area contributed by atoms with Crippen LogP contribution in [-0.2, 0) is 16.0 Å². The minimum atomic E-state index is -0.881. The van der Waals surface area contributed by atoms with E-state index in [1.165, 1.54) is 11.3 Å². The number of amides is 1. The summed E-state index contributed by atoms with van der Waals surface area (Å²) in [4.78, 5) is 28.5. The molecule has 1 unspecified atom stereocenters. The maximum atomic E-state index is 12.3. The summed E-state index contributed by atoms with van der Waals surface area (Å²) in [7, 11) is 0. The lowest BCUT2D eigenvalue weighted by molar-refractivity contribution is -0.137. The van der Waals surface area contributed by atoms with Gasteiger partial charge in [-0.2, -0.15) is 4.98 Å². The highest BCUT2D eigenvalue weighted by Crippen LogP contribution is 2.22. The van der Waals surface area contributed by atoms with Crippen molar-refractivity contribution in [3.8, 4) is 10.7 Å². The summed E-state index contributed by atoms with van der Waals surface area (Å²) in [6, 6.07) is 12.9. The highest BCUT2D eigenvalue weighted by atomic mass is 32.1. The number of nitrogens with one attached hydrogen (secondary N) is 1. The lowest BCUT2D eigenvalue weighted by atomic mass is 10.0. The Morgan fingerprint density at radius 3 is 2.68 bits per heavy atom. The summed E-state index contributed by atoms with van der Waals surface area (Å²) in [5, 5.41) is 17.8. The summed E-state index contributed by atoms with van der Waals surface area (Å²) in [5.74, 6) is 0.0549. The molecule has 3 aromatic rings. The number of aromatic nitrogens is 2. The van der Waals surface area contributed by atoms with Crippen molar-refractivity contribution >= 4 is 23.2 Å². The zero-order chi connectivity index (χ0) is 19.8. The summed E-state index contributed by atoms with van der Waals surface area (Å²) in [6.07, 6.45) is 1.72. The van der Waals surface area contributed by atoms with E-state index >= 15 is 0 Å². The molecule has 0 aliphatic carbocycles. The van der Waals surface area contributed by atoms with E-state index in [2.05, 4.69) is 15.5 Å². The van der Waals surface area contributed by atoms with Crippen LogP contribution in [0.15, 0.2) is 52.4 Å². The molecule has 1 aromatic carbocycles. The van der Waals surface area contributed by atoms with Crippen LogP contribution in [0, 0.1) is 0 Å². The maximum absolute atomic E-state index is 12.3. The molecular weight excluding hydrogens is 378 g/mol.